The standard InChI is InChI=1S/C40H26N4O3S2/c45-39(31-23-35(37-11-5-21-48-37)43-33-9-3-1-7-29(31)33)41-25-13-17-27(18-14-25)47-28-19-15-26(16-20-28)42-40(46)32-24-36(38-12-6-22-49-38)44-34-10-4-2-8-30(32)34/h1-24H,(H,41,45)(H,42,46). The summed E-state index contributed by atoms with van der Waals surface area (Å²) in [6.45, 7) is 0. The summed E-state index contributed by atoms with van der Waals surface area (Å²) < 4.78 is 6.06. The number of nitrogens with zero attached hydrogens (tertiary/aromatic N) is 2. The van der Waals surface area contributed by atoms with Crippen molar-refractivity contribution < 1.29 is 14.3 Å². The summed E-state index contributed by atoms with van der Waals surface area (Å²) in [5.74, 6) is 0.775. The Bertz CT molecular complexity index is 2270. The van der Waals surface area contributed by atoms with Gasteiger partial charge in [0.2, 0.25) is 0 Å². The lowest BCUT2D eigenvalue weighted by Crippen LogP contribution is -2.13. The molecule has 0 fully saturated rings. The summed E-state index contributed by atoms with van der Waals surface area (Å²) >= 11 is 3.17. The fourth-order valence-electron chi connectivity index (χ4n) is 5.57. The van der Waals surface area contributed by atoms with Crippen LogP contribution in [0.25, 0.3) is 42.9 Å². The average molecular weight is 675 g/mol. The fourth-order valence-corrected chi connectivity index (χ4v) is 6.95. The van der Waals surface area contributed by atoms with E-state index in [1.54, 1.807) is 71.2 Å². The first kappa shape index (κ1) is 30.2. The van der Waals surface area contributed by atoms with E-state index in [0.29, 0.717) is 34.0 Å². The van der Waals surface area contributed by atoms with E-state index in [1.165, 1.54) is 0 Å². The number of benzene rings is 4. The summed E-state index contributed by atoms with van der Waals surface area (Å²) in [4.78, 5) is 38.5. The maximum absolute atomic E-state index is 13.5. The predicted octanol–water partition coefficient (Wildman–Crippen LogP) is 10.5. The predicted molar refractivity (Wildman–Crippen MR) is 199 cm³/mol. The number of carbonyl (C=O) groups excluding carboxylic acids is 2. The molecule has 49 heavy (non-hydrogen) atoms. The van der Waals surface area contributed by atoms with E-state index in [0.717, 1.165) is 42.9 Å². The largest absolute Gasteiger partial charge is 0.457 e. The van der Waals surface area contributed by atoms with Crippen molar-refractivity contribution in [2.45, 2.75) is 0 Å². The van der Waals surface area contributed by atoms with E-state index in [-0.39, 0.29) is 11.8 Å². The molecule has 4 aromatic heterocycles. The first-order valence-electron chi connectivity index (χ1n) is 15.5. The first-order valence-corrected chi connectivity index (χ1v) is 17.2. The quantitative estimate of drug-likeness (QED) is 0.167. The molecule has 9 heteroatoms. The van der Waals surface area contributed by atoms with Gasteiger partial charge in [-0.3, -0.25) is 9.59 Å². The van der Waals surface area contributed by atoms with Gasteiger partial charge in [0, 0.05) is 22.1 Å². The van der Waals surface area contributed by atoms with Gasteiger partial charge >= 0.3 is 0 Å². The van der Waals surface area contributed by atoms with Gasteiger partial charge in [-0.05, 0) is 95.7 Å². The monoisotopic (exact) mass is 674 g/mol. The van der Waals surface area contributed by atoms with Crippen LogP contribution in [0.4, 0.5) is 11.4 Å². The third-order valence-corrected chi connectivity index (χ3v) is 9.71. The molecule has 2 N–H and O–H groups in total. The van der Waals surface area contributed by atoms with E-state index < -0.39 is 0 Å². The highest BCUT2D eigenvalue weighted by atomic mass is 32.1. The highest BCUT2D eigenvalue weighted by molar-refractivity contribution is 7.13. The smallest absolute Gasteiger partial charge is 0.256 e. The van der Waals surface area contributed by atoms with Crippen molar-refractivity contribution in [2.24, 2.45) is 0 Å². The highest BCUT2D eigenvalue weighted by Gasteiger charge is 2.16. The Morgan fingerprint density at radius 1 is 0.510 bits per heavy atom. The molecule has 0 aliphatic carbocycles. The molecule has 0 atom stereocenters. The second-order valence-corrected chi connectivity index (χ2v) is 13.1. The van der Waals surface area contributed by atoms with Gasteiger partial charge < -0.3 is 15.4 Å². The molecule has 0 saturated heterocycles. The number of para-hydroxylation sites is 2. The molecule has 2 amide bonds. The minimum atomic E-state index is -0.217. The molecule has 0 aliphatic rings. The zero-order valence-electron chi connectivity index (χ0n) is 25.8. The Morgan fingerprint density at radius 3 is 1.35 bits per heavy atom. The van der Waals surface area contributed by atoms with E-state index in [9.17, 15) is 9.59 Å². The number of pyridine rings is 2. The molecule has 0 aliphatic heterocycles. The van der Waals surface area contributed by atoms with Crippen molar-refractivity contribution in [3.8, 4) is 32.6 Å². The lowest BCUT2D eigenvalue weighted by atomic mass is 10.1. The van der Waals surface area contributed by atoms with Gasteiger partial charge in [-0.25, -0.2) is 9.97 Å². The van der Waals surface area contributed by atoms with Crippen LogP contribution in [-0.2, 0) is 0 Å². The third kappa shape index (κ3) is 6.40. The van der Waals surface area contributed by atoms with Crippen LogP contribution in [-0.4, -0.2) is 21.8 Å². The Labute approximate surface area is 289 Å². The summed E-state index contributed by atoms with van der Waals surface area (Å²) in [6, 6.07) is 41.3. The summed E-state index contributed by atoms with van der Waals surface area (Å²) in [6.07, 6.45) is 0. The van der Waals surface area contributed by atoms with Gasteiger partial charge in [0.05, 0.1) is 43.3 Å². The number of amides is 2. The molecule has 0 bridgehead atoms. The topological polar surface area (TPSA) is 93.2 Å². The van der Waals surface area contributed by atoms with Gasteiger partial charge in [-0.15, -0.1) is 22.7 Å². The molecule has 0 saturated carbocycles. The van der Waals surface area contributed by atoms with Gasteiger partial charge in [0.1, 0.15) is 11.5 Å². The molecular formula is C40H26N4O3S2. The first-order chi connectivity index (χ1) is 24.1. The van der Waals surface area contributed by atoms with E-state index in [1.807, 2.05) is 95.7 Å². The Morgan fingerprint density at radius 2 is 0.939 bits per heavy atom. The van der Waals surface area contributed by atoms with E-state index in [2.05, 4.69) is 10.6 Å². The number of rotatable bonds is 8. The molecule has 0 spiro atoms. The van der Waals surface area contributed by atoms with Crippen molar-refractivity contribution in [3.63, 3.8) is 0 Å². The number of fused-ring (bicyclic) bond motifs is 2. The lowest BCUT2D eigenvalue weighted by Gasteiger charge is -2.12. The number of thiophene rings is 2. The molecule has 0 radical (unpaired) electrons. The lowest BCUT2D eigenvalue weighted by molar-refractivity contribution is 0.102. The SMILES string of the molecule is O=C(Nc1ccc(Oc2ccc(NC(=O)c3cc(-c4cccs4)nc4ccccc34)cc2)cc1)c1cc(-c2cccs2)nc2ccccc12. The molecule has 4 heterocycles. The number of ether oxygens (including phenoxy) is 1. The van der Waals surface area contributed by atoms with E-state index in [4.69, 9.17) is 14.7 Å². The van der Waals surface area contributed by atoms with Crippen LogP contribution >= 0.6 is 22.7 Å². The zero-order valence-corrected chi connectivity index (χ0v) is 27.4. The molecule has 7 nitrogen and oxygen atoms in total. The van der Waals surface area contributed by atoms with Crippen molar-refractivity contribution in [2.75, 3.05) is 10.6 Å². The molecule has 0 unspecified atom stereocenters. The maximum Gasteiger partial charge on any atom is 0.256 e. The van der Waals surface area contributed by atoms with Crippen LogP contribution in [0.1, 0.15) is 20.7 Å². The van der Waals surface area contributed by atoms with Crippen molar-refractivity contribution in [1.29, 1.82) is 0 Å². The number of hydrogen-bond acceptors (Lipinski definition) is 7. The molecule has 8 rings (SSSR count). The van der Waals surface area contributed by atoms with Crippen LogP contribution < -0.4 is 15.4 Å². The van der Waals surface area contributed by atoms with Gasteiger partial charge in [-0.2, -0.15) is 0 Å². The van der Waals surface area contributed by atoms with Crippen LogP contribution in [0, 0.1) is 0 Å². The number of nitrogens with one attached hydrogen (secondary N) is 2. The summed E-state index contributed by atoms with van der Waals surface area (Å²) in [7, 11) is 0. The minimum absolute atomic E-state index is 0.217. The molecule has 4 aromatic carbocycles. The zero-order chi connectivity index (χ0) is 33.2. The van der Waals surface area contributed by atoms with Gasteiger partial charge in [-0.1, -0.05) is 48.5 Å². The normalized spacial score (nSPS) is 11.0. The molecular weight excluding hydrogens is 649 g/mol. The minimum Gasteiger partial charge on any atom is -0.457 e. The number of aromatic nitrogens is 2. The van der Waals surface area contributed by atoms with E-state index >= 15 is 0 Å². The Kier molecular flexibility index (Phi) is 8.10. The fraction of sp³-hybridized carbons (Fsp3) is 0. The highest BCUT2D eigenvalue weighted by Crippen LogP contribution is 2.31. The maximum atomic E-state index is 13.5. The second-order valence-electron chi connectivity index (χ2n) is 11.2. The molecule has 8 aromatic rings. The third-order valence-electron chi connectivity index (χ3n) is 7.93. The van der Waals surface area contributed by atoms with Crippen LogP contribution in [0.5, 0.6) is 11.5 Å². The van der Waals surface area contributed by atoms with Crippen molar-refractivity contribution in [1.82, 2.24) is 9.97 Å². The Balaban J connectivity index is 0.945. The van der Waals surface area contributed by atoms with Crippen molar-refractivity contribution in [3.05, 3.63) is 155 Å². The number of hydrogen-bond donors (Lipinski definition) is 2. The van der Waals surface area contributed by atoms with Crippen LogP contribution in [0.3, 0.4) is 0 Å². The summed E-state index contributed by atoms with van der Waals surface area (Å²) in [5.41, 5.74) is 5.46. The van der Waals surface area contributed by atoms with Gasteiger partial charge in [0.15, 0.2) is 0 Å². The number of anilines is 2. The Hall–Kier alpha value is -6.16. The molecule has 236 valence electrons. The van der Waals surface area contributed by atoms with Gasteiger partial charge in [0.25, 0.3) is 11.8 Å². The van der Waals surface area contributed by atoms with Crippen LogP contribution in [0.15, 0.2) is 144 Å². The second kappa shape index (κ2) is 13.2. The number of carbonyl (C=O) groups is 2. The van der Waals surface area contributed by atoms with Crippen LogP contribution in [0.2, 0.25) is 0 Å². The van der Waals surface area contributed by atoms with Crippen molar-refractivity contribution >= 4 is 67.7 Å². The average Bonchev–Trinajstić information content (AvgIpc) is 3.88. The summed E-state index contributed by atoms with van der Waals surface area (Å²) in [5, 5.41) is 11.6.